The number of benzene rings is 1. The Morgan fingerprint density at radius 3 is 2.57 bits per heavy atom. The maximum absolute atomic E-state index is 12.6. The number of ether oxygens (including phenoxy) is 1. The molecule has 1 aromatic heterocycles. The molecular formula is C14H17BrN2O3S. The summed E-state index contributed by atoms with van der Waals surface area (Å²) in [4.78, 5) is 0.156. The lowest BCUT2D eigenvalue weighted by atomic mass is 10.3. The maximum Gasteiger partial charge on any atom is 0.283 e. The Kier molecular flexibility index (Phi) is 4.73. The molecule has 0 unspecified atom stereocenters. The van der Waals surface area contributed by atoms with Gasteiger partial charge in [-0.25, -0.2) is 0 Å². The molecule has 0 bridgehead atoms. The molecule has 0 N–H and O–H groups in total. The monoisotopic (exact) mass is 372 g/mol. The molecule has 0 spiro atoms. The van der Waals surface area contributed by atoms with Gasteiger partial charge in [-0.15, -0.1) is 0 Å². The first-order chi connectivity index (χ1) is 9.86. The van der Waals surface area contributed by atoms with Crippen LogP contribution in [0.25, 0.3) is 0 Å². The number of rotatable bonds is 5. The van der Waals surface area contributed by atoms with Crippen LogP contribution in [0.2, 0.25) is 0 Å². The predicted molar refractivity (Wildman–Crippen MR) is 84.2 cm³/mol. The van der Waals surface area contributed by atoms with E-state index in [1.807, 2.05) is 6.92 Å². The normalized spacial score (nSPS) is 11.6. The van der Waals surface area contributed by atoms with E-state index in [1.54, 1.807) is 26.0 Å². The molecule has 21 heavy (non-hydrogen) atoms. The van der Waals surface area contributed by atoms with Crippen molar-refractivity contribution in [3.63, 3.8) is 0 Å². The summed E-state index contributed by atoms with van der Waals surface area (Å²) >= 11 is 3.36. The second-order valence-electron chi connectivity index (χ2n) is 4.72. The molecule has 0 atom stereocenters. The van der Waals surface area contributed by atoms with Gasteiger partial charge in [0.1, 0.15) is 5.75 Å². The van der Waals surface area contributed by atoms with Gasteiger partial charge in [-0.2, -0.15) is 17.6 Å². The average molecular weight is 373 g/mol. The van der Waals surface area contributed by atoms with E-state index in [2.05, 4.69) is 21.0 Å². The minimum atomic E-state index is -3.71. The third-order valence-electron chi connectivity index (χ3n) is 2.86. The molecule has 0 aliphatic heterocycles. The molecule has 0 aliphatic rings. The Balaban J connectivity index is 2.48. The summed E-state index contributed by atoms with van der Waals surface area (Å²) in [5.41, 5.74) is 1.24. The highest BCUT2D eigenvalue weighted by Gasteiger charge is 2.21. The number of halogens is 1. The lowest BCUT2D eigenvalue weighted by Crippen LogP contribution is -2.16. The van der Waals surface area contributed by atoms with Gasteiger partial charge in [0.2, 0.25) is 0 Å². The van der Waals surface area contributed by atoms with Gasteiger partial charge in [0.05, 0.1) is 27.4 Å². The van der Waals surface area contributed by atoms with E-state index in [9.17, 15) is 8.42 Å². The van der Waals surface area contributed by atoms with Crippen LogP contribution in [0.1, 0.15) is 24.7 Å². The summed E-state index contributed by atoms with van der Waals surface area (Å²) in [5, 5.41) is 4.05. The topological polar surface area (TPSA) is 61.2 Å². The summed E-state index contributed by atoms with van der Waals surface area (Å²) in [6.07, 6.45) is 0.848. The number of aryl methyl sites for hydroxylation is 2. The van der Waals surface area contributed by atoms with Crippen LogP contribution in [-0.2, 0) is 10.0 Å². The molecule has 5 nitrogen and oxygen atoms in total. The molecule has 7 heteroatoms. The van der Waals surface area contributed by atoms with Crippen LogP contribution in [-0.4, -0.2) is 24.2 Å². The Bertz CT molecular complexity index is 754. The largest absolute Gasteiger partial charge is 0.492 e. The number of nitrogens with zero attached hydrogens (tertiary/aromatic N) is 2. The Morgan fingerprint density at radius 1 is 1.29 bits per heavy atom. The minimum Gasteiger partial charge on any atom is -0.492 e. The Labute approximate surface area is 133 Å². The predicted octanol–water partition coefficient (Wildman–Crippen LogP) is 3.29. The maximum atomic E-state index is 12.6. The molecular weight excluding hydrogens is 356 g/mol. The summed E-state index contributed by atoms with van der Waals surface area (Å²) in [6.45, 7) is 5.99. The first kappa shape index (κ1) is 16.0. The van der Waals surface area contributed by atoms with Crippen molar-refractivity contribution in [1.29, 1.82) is 0 Å². The Hall–Kier alpha value is -1.34. The van der Waals surface area contributed by atoms with Crippen LogP contribution >= 0.6 is 15.9 Å². The quantitative estimate of drug-likeness (QED) is 0.807. The molecule has 2 aromatic rings. The molecule has 2 rings (SSSR count). The van der Waals surface area contributed by atoms with Crippen LogP contribution in [0.3, 0.4) is 0 Å². The van der Waals surface area contributed by atoms with Crippen molar-refractivity contribution in [3.8, 4) is 5.75 Å². The molecule has 1 heterocycles. The van der Waals surface area contributed by atoms with Gasteiger partial charge in [-0.05, 0) is 54.4 Å². The minimum absolute atomic E-state index is 0.156. The van der Waals surface area contributed by atoms with E-state index in [-0.39, 0.29) is 4.90 Å². The number of aromatic nitrogens is 2. The molecule has 0 saturated heterocycles. The number of hydrogen-bond acceptors (Lipinski definition) is 4. The summed E-state index contributed by atoms with van der Waals surface area (Å²) in [6, 6.07) is 6.45. The fourth-order valence-corrected chi connectivity index (χ4v) is 3.64. The summed E-state index contributed by atoms with van der Waals surface area (Å²) < 4.78 is 32.6. The third kappa shape index (κ3) is 3.29. The zero-order chi connectivity index (χ0) is 15.6. The van der Waals surface area contributed by atoms with Crippen molar-refractivity contribution in [2.75, 3.05) is 6.61 Å². The highest BCUT2D eigenvalue weighted by atomic mass is 79.9. The van der Waals surface area contributed by atoms with Crippen LogP contribution in [0, 0.1) is 13.8 Å². The van der Waals surface area contributed by atoms with Gasteiger partial charge in [0.25, 0.3) is 10.0 Å². The lowest BCUT2D eigenvalue weighted by molar-refractivity contribution is 0.314. The second kappa shape index (κ2) is 6.19. The van der Waals surface area contributed by atoms with Crippen molar-refractivity contribution in [1.82, 2.24) is 9.19 Å². The molecule has 0 fully saturated rings. The fraction of sp³-hybridized carbons (Fsp3) is 0.357. The molecule has 0 aliphatic carbocycles. The first-order valence-corrected chi connectivity index (χ1v) is 8.80. The van der Waals surface area contributed by atoms with Crippen LogP contribution in [0.15, 0.2) is 33.6 Å². The second-order valence-corrected chi connectivity index (χ2v) is 7.34. The van der Waals surface area contributed by atoms with Crippen molar-refractivity contribution in [3.05, 3.63) is 40.1 Å². The Morgan fingerprint density at radius 2 is 2.00 bits per heavy atom. The standard InChI is InChI=1S/C14H17BrN2O3S/c1-4-7-20-14-9-12(5-6-13(14)15)21(18,19)17-11(3)8-10(2)16-17/h5-6,8-9H,4,7H2,1-3H3. The van der Waals surface area contributed by atoms with E-state index in [1.165, 1.54) is 12.1 Å². The van der Waals surface area contributed by atoms with E-state index in [0.717, 1.165) is 15.0 Å². The van der Waals surface area contributed by atoms with E-state index >= 15 is 0 Å². The zero-order valence-electron chi connectivity index (χ0n) is 12.1. The highest BCUT2D eigenvalue weighted by molar-refractivity contribution is 9.10. The van der Waals surface area contributed by atoms with Crippen molar-refractivity contribution >= 4 is 26.0 Å². The zero-order valence-corrected chi connectivity index (χ0v) is 14.5. The number of hydrogen-bond donors (Lipinski definition) is 0. The first-order valence-electron chi connectivity index (χ1n) is 6.57. The average Bonchev–Trinajstić information content (AvgIpc) is 2.77. The third-order valence-corrected chi connectivity index (χ3v) is 5.19. The molecule has 0 saturated carbocycles. The van der Waals surface area contributed by atoms with Crippen molar-refractivity contribution < 1.29 is 13.2 Å². The van der Waals surface area contributed by atoms with Crippen LogP contribution < -0.4 is 4.74 Å². The van der Waals surface area contributed by atoms with Gasteiger partial charge >= 0.3 is 0 Å². The molecule has 0 radical (unpaired) electrons. The van der Waals surface area contributed by atoms with Crippen molar-refractivity contribution in [2.24, 2.45) is 0 Å². The molecule has 114 valence electrons. The van der Waals surface area contributed by atoms with E-state index in [0.29, 0.717) is 23.7 Å². The molecule has 1 aromatic carbocycles. The van der Waals surface area contributed by atoms with E-state index in [4.69, 9.17) is 4.74 Å². The van der Waals surface area contributed by atoms with Gasteiger partial charge in [0, 0.05) is 6.07 Å². The van der Waals surface area contributed by atoms with Gasteiger partial charge in [0.15, 0.2) is 0 Å². The van der Waals surface area contributed by atoms with Crippen LogP contribution in [0.4, 0.5) is 0 Å². The lowest BCUT2D eigenvalue weighted by Gasteiger charge is -2.11. The summed E-state index contributed by atoms with van der Waals surface area (Å²) in [7, 11) is -3.71. The van der Waals surface area contributed by atoms with Crippen molar-refractivity contribution in [2.45, 2.75) is 32.1 Å². The van der Waals surface area contributed by atoms with Gasteiger partial charge < -0.3 is 4.74 Å². The smallest absolute Gasteiger partial charge is 0.283 e. The summed E-state index contributed by atoms with van der Waals surface area (Å²) in [5.74, 6) is 0.513. The SMILES string of the molecule is CCCOc1cc(S(=O)(=O)n2nc(C)cc2C)ccc1Br. The fourth-order valence-electron chi connectivity index (χ4n) is 1.92. The van der Waals surface area contributed by atoms with Gasteiger partial charge in [-0.1, -0.05) is 6.92 Å². The molecule has 0 amide bonds. The highest BCUT2D eigenvalue weighted by Crippen LogP contribution is 2.29. The van der Waals surface area contributed by atoms with Crippen LogP contribution in [0.5, 0.6) is 5.75 Å². The van der Waals surface area contributed by atoms with E-state index < -0.39 is 10.0 Å². The van der Waals surface area contributed by atoms with Gasteiger partial charge in [-0.3, -0.25) is 0 Å².